The molecule has 1 heterocycles. The van der Waals surface area contributed by atoms with E-state index in [1.54, 1.807) is 0 Å². The molecule has 5 nitrogen and oxygen atoms in total. The van der Waals surface area contributed by atoms with Crippen LogP contribution in [0.15, 0.2) is 72.8 Å². The monoisotopic (exact) mass is 360 g/mol. The van der Waals surface area contributed by atoms with E-state index in [9.17, 15) is 4.79 Å². The summed E-state index contributed by atoms with van der Waals surface area (Å²) in [4.78, 5) is 12.6. The predicted octanol–water partition coefficient (Wildman–Crippen LogP) is 5.10. The summed E-state index contributed by atoms with van der Waals surface area (Å²) >= 11 is 0. The van der Waals surface area contributed by atoms with Gasteiger partial charge in [-0.3, -0.25) is 0 Å². The van der Waals surface area contributed by atoms with Crippen LogP contribution in [0.3, 0.4) is 0 Å². The average molecular weight is 360 g/mol. The van der Waals surface area contributed by atoms with Crippen molar-refractivity contribution in [3.8, 4) is 17.2 Å². The van der Waals surface area contributed by atoms with Gasteiger partial charge in [0.25, 0.3) is 0 Å². The number of hydrogen-bond acceptors (Lipinski definition) is 3. The van der Waals surface area contributed by atoms with Crippen molar-refractivity contribution in [2.45, 2.75) is 13.0 Å². The standard InChI is InChI=1S/C22H20N2O3/c1-2-26-16-13-11-15(12-14-16)23-22(25)24-21-17-7-3-5-9-19(17)27-20-10-6-4-8-18(20)21/h3-14,21H,2H2,1H3,(H2,23,24,25). The van der Waals surface area contributed by atoms with Crippen LogP contribution in [0.25, 0.3) is 0 Å². The fraction of sp³-hybridized carbons (Fsp3) is 0.136. The van der Waals surface area contributed by atoms with Crippen molar-refractivity contribution in [2.24, 2.45) is 0 Å². The van der Waals surface area contributed by atoms with Gasteiger partial charge in [0.2, 0.25) is 0 Å². The molecule has 2 N–H and O–H groups in total. The quantitative estimate of drug-likeness (QED) is 0.680. The Hall–Kier alpha value is -3.47. The maximum Gasteiger partial charge on any atom is 0.319 e. The molecule has 27 heavy (non-hydrogen) atoms. The molecule has 0 spiro atoms. The third-order valence-corrected chi connectivity index (χ3v) is 4.38. The van der Waals surface area contributed by atoms with Crippen LogP contribution in [0.2, 0.25) is 0 Å². The topological polar surface area (TPSA) is 59.6 Å². The van der Waals surface area contributed by atoms with Crippen molar-refractivity contribution in [3.63, 3.8) is 0 Å². The Morgan fingerprint density at radius 1 is 0.926 bits per heavy atom. The molecule has 0 aliphatic carbocycles. The molecule has 136 valence electrons. The van der Waals surface area contributed by atoms with E-state index in [1.165, 1.54) is 0 Å². The number of benzene rings is 3. The van der Waals surface area contributed by atoms with Gasteiger partial charge in [-0.15, -0.1) is 0 Å². The zero-order chi connectivity index (χ0) is 18.6. The molecule has 0 unspecified atom stereocenters. The highest BCUT2D eigenvalue weighted by Crippen LogP contribution is 2.42. The highest BCUT2D eigenvalue weighted by Gasteiger charge is 2.28. The third kappa shape index (κ3) is 3.58. The summed E-state index contributed by atoms with van der Waals surface area (Å²) < 4.78 is 11.4. The summed E-state index contributed by atoms with van der Waals surface area (Å²) in [5.74, 6) is 2.28. The van der Waals surface area contributed by atoms with Crippen molar-refractivity contribution >= 4 is 11.7 Å². The molecule has 4 rings (SSSR count). The van der Waals surface area contributed by atoms with E-state index >= 15 is 0 Å². The maximum atomic E-state index is 12.6. The molecule has 0 fully saturated rings. The summed E-state index contributed by atoms with van der Waals surface area (Å²) in [7, 11) is 0. The number of rotatable bonds is 4. The van der Waals surface area contributed by atoms with Gasteiger partial charge in [0.05, 0.1) is 12.6 Å². The van der Waals surface area contributed by atoms with Gasteiger partial charge in [0, 0.05) is 16.8 Å². The smallest absolute Gasteiger partial charge is 0.319 e. The minimum Gasteiger partial charge on any atom is -0.494 e. The molecule has 0 aromatic heterocycles. The van der Waals surface area contributed by atoms with Crippen molar-refractivity contribution in [3.05, 3.63) is 83.9 Å². The summed E-state index contributed by atoms with van der Waals surface area (Å²) in [5.41, 5.74) is 2.56. The Bertz CT molecular complexity index is 908. The largest absolute Gasteiger partial charge is 0.494 e. The zero-order valence-corrected chi connectivity index (χ0v) is 14.9. The van der Waals surface area contributed by atoms with Gasteiger partial charge < -0.3 is 20.1 Å². The van der Waals surface area contributed by atoms with Crippen LogP contribution in [-0.4, -0.2) is 12.6 Å². The molecular weight excluding hydrogens is 340 g/mol. The summed E-state index contributed by atoms with van der Waals surface area (Å²) in [6.45, 7) is 2.54. The van der Waals surface area contributed by atoms with Crippen LogP contribution in [0.1, 0.15) is 24.1 Å². The van der Waals surface area contributed by atoms with Gasteiger partial charge in [-0.05, 0) is 43.3 Å². The summed E-state index contributed by atoms with van der Waals surface area (Å²) in [6, 6.07) is 22.2. The average Bonchev–Trinajstić information content (AvgIpc) is 2.69. The molecule has 0 bridgehead atoms. The number of ether oxygens (including phenoxy) is 2. The number of para-hydroxylation sites is 2. The number of anilines is 1. The number of fused-ring (bicyclic) bond motifs is 2. The van der Waals surface area contributed by atoms with Crippen molar-refractivity contribution in [1.29, 1.82) is 0 Å². The van der Waals surface area contributed by atoms with E-state index in [2.05, 4.69) is 10.6 Å². The first kappa shape index (κ1) is 17.0. The van der Waals surface area contributed by atoms with Crippen LogP contribution >= 0.6 is 0 Å². The Morgan fingerprint density at radius 2 is 1.52 bits per heavy atom. The molecule has 0 saturated carbocycles. The molecule has 0 atom stereocenters. The van der Waals surface area contributed by atoms with E-state index in [-0.39, 0.29) is 12.1 Å². The van der Waals surface area contributed by atoms with E-state index < -0.39 is 0 Å². The van der Waals surface area contributed by atoms with Gasteiger partial charge in [0.1, 0.15) is 17.2 Å². The van der Waals surface area contributed by atoms with Gasteiger partial charge in [0.15, 0.2) is 0 Å². The highest BCUT2D eigenvalue weighted by atomic mass is 16.5. The molecule has 3 aromatic rings. The number of nitrogens with one attached hydrogen (secondary N) is 2. The van der Waals surface area contributed by atoms with Crippen molar-refractivity contribution in [1.82, 2.24) is 5.32 Å². The number of amides is 2. The minimum atomic E-state index is -0.283. The Labute approximate surface area is 157 Å². The number of carbonyl (C=O) groups excluding carboxylic acids is 1. The van der Waals surface area contributed by atoms with Crippen LogP contribution < -0.4 is 20.1 Å². The lowest BCUT2D eigenvalue weighted by Gasteiger charge is -2.28. The molecule has 1 aliphatic heterocycles. The van der Waals surface area contributed by atoms with Crippen molar-refractivity contribution in [2.75, 3.05) is 11.9 Å². The Kier molecular flexibility index (Phi) is 4.66. The first-order valence-electron chi connectivity index (χ1n) is 8.90. The number of carbonyl (C=O) groups is 1. The zero-order valence-electron chi connectivity index (χ0n) is 14.9. The second-order valence-electron chi connectivity index (χ2n) is 6.17. The van der Waals surface area contributed by atoms with E-state index in [4.69, 9.17) is 9.47 Å². The van der Waals surface area contributed by atoms with Crippen LogP contribution in [0.4, 0.5) is 10.5 Å². The van der Waals surface area contributed by atoms with Crippen LogP contribution in [-0.2, 0) is 0 Å². The van der Waals surface area contributed by atoms with E-state index in [0.29, 0.717) is 12.3 Å². The van der Waals surface area contributed by atoms with Crippen LogP contribution in [0.5, 0.6) is 17.2 Å². The molecule has 0 radical (unpaired) electrons. The summed E-state index contributed by atoms with van der Waals surface area (Å²) in [6.07, 6.45) is 0. The third-order valence-electron chi connectivity index (χ3n) is 4.38. The number of urea groups is 1. The van der Waals surface area contributed by atoms with Gasteiger partial charge in [-0.25, -0.2) is 4.79 Å². The van der Waals surface area contributed by atoms with E-state index in [0.717, 1.165) is 28.4 Å². The maximum absolute atomic E-state index is 12.6. The summed E-state index contributed by atoms with van der Waals surface area (Å²) in [5, 5.41) is 5.93. The minimum absolute atomic E-state index is 0.282. The van der Waals surface area contributed by atoms with Gasteiger partial charge >= 0.3 is 6.03 Å². The predicted molar refractivity (Wildman–Crippen MR) is 105 cm³/mol. The second kappa shape index (κ2) is 7.41. The lowest BCUT2D eigenvalue weighted by atomic mass is 9.95. The highest BCUT2D eigenvalue weighted by molar-refractivity contribution is 5.90. The molecular formula is C22H20N2O3. The van der Waals surface area contributed by atoms with E-state index in [1.807, 2.05) is 79.7 Å². The lowest BCUT2D eigenvalue weighted by Crippen LogP contribution is -2.34. The van der Waals surface area contributed by atoms with Gasteiger partial charge in [-0.2, -0.15) is 0 Å². The first-order valence-corrected chi connectivity index (χ1v) is 8.90. The van der Waals surface area contributed by atoms with Gasteiger partial charge in [-0.1, -0.05) is 36.4 Å². The Balaban J connectivity index is 1.54. The van der Waals surface area contributed by atoms with Crippen LogP contribution in [0, 0.1) is 0 Å². The molecule has 3 aromatic carbocycles. The molecule has 5 heteroatoms. The molecule has 1 aliphatic rings. The number of hydrogen-bond donors (Lipinski definition) is 2. The second-order valence-corrected chi connectivity index (χ2v) is 6.17. The first-order chi connectivity index (χ1) is 13.2. The lowest BCUT2D eigenvalue weighted by molar-refractivity contribution is 0.249. The Morgan fingerprint density at radius 3 is 2.11 bits per heavy atom. The SMILES string of the molecule is CCOc1ccc(NC(=O)NC2c3ccccc3Oc3ccccc32)cc1. The fourth-order valence-corrected chi connectivity index (χ4v) is 3.16. The normalized spacial score (nSPS) is 12.3. The molecule has 2 amide bonds. The van der Waals surface area contributed by atoms with Crippen molar-refractivity contribution < 1.29 is 14.3 Å². The molecule has 0 saturated heterocycles. The fourth-order valence-electron chi connectivity index (χ4n) is 3.16.